The Morgan fingerprint density at radius 1 is 1.46 bits per heavy atom. The molecule has 0 heterocycles. The molecule has 1 atom stereocenters. The second-order valence-corrected chi connectivity index (χ2v) is 3.23. The molecule has 1 aromatic carbocycles. The molecular weight excluding hydrogens is 164 g/mol. The zero-order chi connectivity index (χ0) is 9.47. The van der Waals surface area contributed by atoms with E-state index in [9.17, 15) is 9.90 Å². The van der Waals surface area contributed by atoms with E-state index >= 15 is 0 Å². The smallest absolute Gasteiger partial charge is 0.177 e. The van der Waals surface area contributed by atoms with Gasteiger partial charge in [-0.3, -0.25) is 4.79 Å². The van der Waals surface area contributed by atoms with Gasteiger partial charge in [0.1, 0.15) is 0 Å². The van der Waals surface area contributed by atoms with Crippen molar-refractivity contribution in [3.8, 4) is 0 Å². The molecule has 2 rings (SSSR count). The number of ketones is 1. The van der Waals surface area contributed by atoms with Crippen LogP contribution >= 0.6 is 0 Å². The van der Waals surface area contributed by atoms with Gasteiger partial charge < -0.3 is 5.11 Å². The third-order valence-electron chi connectivity index (χ3n) is 2.50. The highest BCUT2D eigenvalue weighted by Gasteiger charge is 2.41. The molecule has 0 radical (unpaired) electrons. The molecule has 0 aliphatic heterocycles. The lowest BCUT2D eigenvalue weighted by atomic mass is 9.96. The van der Waals surface area contributed by atoms with Crippen molar-refractivity contribution in [3.05, 3.63) is 48.0 Å². The summed E-state index contributed by atoms with van der Waals surface area (Å²) in [6, 6.07) is 7.30. The number of Topliss-reactive ketones (excluding diaryl/α,β-unsaturated/α-hetero) is 1. The molecule has 66 valence electrons. The van der Waals surface area contributed by atoms with Gasteiger partial charge in [0.25, 0.3) is 0 Å². The molecule has 1 aliphatic rings. The molecule has 0 saturated carbocycles. The van der Waals surface area contributed by atoms with Crippen molar-refractivity contribution in [1.29, 1.82) is 0 Å². The highest BCUT2D eigenvalue weighted by molar-refractivity contribution is 5.96. The number of rotatable bonds is 1. The molecule has 1 aromatic rings. The van der Waals surface area contributed by atoms with Crippen LogP contribution in [0.3, 0.4) is 0 Å². The fourth-order valence-corrected chi connectivity index (χ4v) is 1.73. The number of fused-ring (bicyclic) bond motifs is 1. The van der Waals surface area contributed by atoms with Crippen LogP contribution < -0.4 is 0 Å². The summed E-state index contributed by atoms with van der Waals surface area (Å²) in [5, 5.41) is 9.95. The molecule has 0 spiro atoms. The monoisotopic (exact) mass is 174 g/mol. The van der Waals surface area contributed by atoms with Gasteiger partial charge in [-0.25, -0.2) is 0 Å². The third-order valence-corrected chi connectivity index (χ3v) is 2.50. The van der Waals surface area contributed by atoms with E-state index < -0.39 is 5.60 Å². The van der Waals surface area contributed by atoms with E-state index in [1.165, 1.54) is 6.08 Å². The molecule has 2 heteroatoms. The summed E-state index contributed by atoms with van der Waals surface area (Å²) in [6.45, 7) is 3.49. The molecule has 0 saturated heterocycles. The van der Waals surface area contributed by atoms with Gasteiger partial charge in [0.05, 0.1) is 0 Å². The quantitative estimate of drug-likeness (QED) is 0.649. The Hall–Kier alpha value is -1.41. The van der Waals surface area contributed by atoms with E-state index in [-0.39, 0.29) is 5.78 Å². The van der Waals surface area contributed by atoms with E-state index in [0.29, 0.717) is 12.0 Å². The highest BCUT2D eigenvalue weighted by atomic mass is 16.3. The zero-order valence-electron chi connectivity index (χ0n) is 7.16. The van der Waals surface area contributed by atoms with Crippen molar-refractivity contribution in [2.75, 3.05) is 0 Å². The second kappa shape index (κ2) is 2.54. The normalized spacial score (nSPS) is 25.8. The number of carbonyl (C=O) groups is 1. The van der Waals surface area contributed by atoms with Gasteiger partial charge in [-0.2, -0.15) is 0 Å². The minimum atomic E-state index is -1.45. The van der Waals surface area contributed by atoms with Crippen molar-refractivity contribution in [2.45, 2.75) is 12.0 Å². The number of hydrogen-bond acceptors (Lipinski definition) is 2. The highest BCUT2D eigenvalue weighted by Crippen LogP contribution is 2.34. The molecule has 1 N–H and O–H groups in total. The van der Waals surface area contributed by atoms with Crippen molar-refractivity contribution in [2.24, 2.45) is 0 Å². The molecule has 1 unspecified atom stereocenters. The van der Waals surface area contributed by atoms with E-state index in [1.807, 2.05) is 18.2 Å². The summed E-state index contributed by atoms with van der Waals surface area (Å²) in [5.41, 5.74) is 0.126. The summed E-state index contributed by atoms with van der Waals surface area (Å²) in [6.07, 6.45) is 1.61. The summed E-state index contributed by atoms with van der Waals surface area (Å²) < 4.78 is 0. The van der Waals surface area contributed by atoms with Crippen LogP contribution in [0.2, 0.25) is 0 Å². The van der Waals surface area contributed by atoms with Crippen molar-refractivity contribution < 1.29 is 9.90 Å². The average Bonchev–Trinajstić information content (AvgIpc) is 2.41. The molecule has 2 nitrogen and oxygen atoms in total. The fraction of sp³-hybridized carbons (Fsp3) is 0.182. The lowest BCUT2D eigenvalue weighted by Gasteiger charge is -2.16. The predicted octanol–water partition coefficient (Wildman–Crippen LogP) is 1.19. The maximum absolute atomic E-state index is 11.5. The van der Waals surface area contributed by atoms with Gasteiger partial charge in [-0.05, 0) is 17.2 Å². The summed E-state index contributed by atoms with van der Waals surface area (Å²) in [4.78, 5) is 11.5. The zero-order valence-corrected chi connectivity index (χ0v) is 7.16. The first-order valence-corrected chi connectivity index (χ1v) is 4.16. The Labute approximate surface area is 76.5 Å². The van der Waals surface area contributed by atoms with Crippen LogP contribution in [0.4, 0.5) is 0 Å². The van der Waals surface area contributed by atoms with Crippen LogP contribution in [-0.2, 0) is 16.8 Å². The van der Waals surface area contributed by atoms with E-state index in [2.05, 4.69) is 6.58 Å². The fourth-order valence-electron chi connectivity index (χ4n) is 1.73. The number of aliphatic hydroxyl groups is 1. The van der Waals surface area contributed by atoms with E-state index in [4.69, 9.17) is 0 Å². The Morgan fingerprint density at radius 3 is 2.85 bits per heavy atom. The van der Waals surface area contributed by atoms with Gasteiger partial charge >= 0.3 is 0 Å². The van der Waals surface area contributed by atoms with E-state index in [0.717, 1.165) is 5.56 Å². The van der Waals surface area contributed by atoms with Crippen molar-refractivity contribution in [1.82, 2.24) is 0 Å². The molecule has 0 amide bonds. The molecular formula is C11H10O2. The number of benzene rings is 1. The van der Waals surface area contributed by atoms with Crippen LogP contribution in [0.1, 0.15) is 11.1 Å². The first-order chi connectivity index (χ1) is 6.18. The maximum atomic E-state index is 11.5. The summed E-state index contributed by atoms with van der Waals surface area (Å²) in [5.74, 6) is -0.191. The molecule has 0 aromatic heterocycles. The minimum absolute atomic E-state index is 0.191. The van der Waals surface area contributed by atoms with Crippen molar-refractivity contribution in [3.63, 3.8) is 0 Å². The van der Waals surface area contributed by atoms with Gasteiger partial charge in [0.2, 0.25) is 0 Å². The standard InChI is InChI=1S/C11H10O2/c1-2-11(13)9-6-4-3-5-8(9)7-10(11)12/h2-6,13H,1,7H2. The Bertz CT molecular complexity index is 381. The lowest BCUT2D eigenvalue weighted by Crippen LogP contribution is -2.28. The lowest BCUT2D eigenvalue weighted by molar-refractivity contribution is -0.131. The Morgan fingerprint density at radius 2 is 2.15 bits per heavy atom. The van der Waals surface area contributed by atoms with Crippen LogP contribution in [-0.4, -0.2) is 10.9 Å². The summed E-state index contributed by atoms with van der Waals surface area (Å²) >= 11 is 0. The van der Waals surface area contributed by atoms with Crippen LogP contribution in [0.15, 0.2) is 36.9 Å². The molecule has 1 aliphatic carbocycles. The molecule has 0 fully saturated rings. The SMILES string of the molecule is C=CC1(O)C(=O)Cc2ccccc21. The van der Waals surface area contributed by atoms with Gasteiger partial charge in [0.15, 0.2) is 11.4 Å². The first-order valence-electron chi connectivity index (χ1n) is 4.16. The van der Waals surface area contributed by atoms with Gasteiger partial charge in [0, 0.05) is 6.42 Å². The van der Waals surface area contributed by atoms with Crippen LogP contribution in [0, 0.1) is 0 Å². The van der Waals surface area contributed by atoms with Crippen LogP contribution in [0.25, 0.3) is 0 Å². The topological polar surface area (TPSA) is 37.3 Å². The largest absolute Gasteiger partial charge is 0.374 e. The van der Waals surface area contributed by atoms with Crippen LogP contribution in [0.5, 0.6) is 0 Å². The van der Waals surface area contributed by atoms with E-state index in [1.54, 1.807) is 6.07 Å². The number of hydrogen-bond donors (Lipinski definition) is 1. The Balaban J connectivity index is 2.65. The van der Waals surface area contributed by atoms with Gasteiger partial charge in [-0.15, -0.1) is 0 Å². The van der Waals surface area contributed by atoms with Gasteiger partial charge in [-0.1, -0.05) is 30.8 Å². The maximum Gasteiger partial charge on any atom is 0.177 e. The first kappa shape index (κ1) is 8.20. The Kier molecular flexibility index (Phi) is 1.60. The third kappa shape index (κ3) is 0.956. The summed E-state index contributed by atoms with van der Waals surface area (Å²) in [7, 11) is 0. The average molecular weight is 174 g/mol. The number of carbonyl (C=O) groups excluding carboxylic acids is 1. The molecule has 13 heavy (non-hydrogen) atoms. The predicted molar refractivity (Wildman–Crippen MR) is 49.2 cm³/mol. The minimum Gasteiger partial charge on any atom is -0.374 e. The molecule has 0 bridgehead atoms. The van der Waals surface area contributed by atoms with Crippen molar-refractivity contribution >= 4 is 5.78 Å². The second-order valence-electron chi connectivity index (χ2n) is 3.23.